The van der Waals surface area contributed by atoms with E-state index in [-0.39, 0.29) is 36.7 Å². The SMILES string of the molecule is COc1ccc(-c2nc(-c3ccncc3)nn2CCN(C(=O)CCC(=O)N[C@H](C)c2ccccc2)C2CCCC2)cc1Cl. The number of nitrogens with one attached hydrogen (secondary N) is 1. The maximum absolute atomic E-state index is 13.6. The van der Waals surface area contributed by atoms with E-state index in [9.17, 15) is 9.59 Å². The number of carbonyl (C=O) groups excluding carboxylic acids is 2. The first kappa shape index (κ1) is 30.2. The van der Waals surface area contributed by atoms with E-state index in [0.29, 0.717) is 35.5 Å². The summed E-state index contributed by atoms with van der Waals surface area (Å²) in [5.74, 6) is 1.63. The minimum absolute atomic E-state index is 0.0158. The van der Waals surface area contributed by atoms with Crippen molar-refractivity contribution in [2.45, 2.75) is 64.1 Å². The van der Waals surface area contributed by atoms with Crippen molar-refractivity contribution in [2.75, 3.05) is 13.7 Å². The lowest BCUT2D eigenvalue weighted by Crippen LogP contribution is -2.41. The highest BCUT2D eigenvalue weighted by Crippen LogP contribution is 2.31. The fraction of sp³-hybridized carbons (Fsp3) is 0.364. The molecule has 9 nitrogen and oxygen atoms in total. The van der Waals surface area contributed by atoms with Crippen molar-refractivity contribution in [3.8, 4) is 28.5 Å². The summed E-state index contributed by atoms with van der Waals surface area (Å²) < 4.78 is 7.16. The number of carbonyl (C=O) groups is 2. The number of hydrogen-bond donors (Lipinski definition) is 1. The number of hydrogen-bond acceptors (Lipinski definition) is 6. The smallest absolute Gasteiger partial charge is 0.223 e. The Labute approximate surface area is 257 Å². The molecule has 0 spiro atoms. The molecule has 5 rings (SSSR count). The van der Waals surface area contributed by atoms with Crippen LogP contribution in [0.25, 0.3) is 22.8 Å². The third-order valence-corrected chi connectivity index (χ3v) is 8.20. The lowest BCUT2D eigenvalue weighted by Gasteiger charge is -2.29. The second-order valence-electron chi connectivity index (χ2n) is 10.8. The van der Waals surface area contributed by atoms with Crippen LogP contribution in [-0.4, -0.2) is 56.2 Å². The van der Waals surface area contributed by atoms with Crippen LogP contribution >= 0.6 is 11.6 Å². The molecule has 0 bridgehead atoms. The molecule has 1 N–H and O–H groups in total. The van der Waals surface area contributed by atoms with Gasteiger partial charge in [-0.05, 0) is 55.7 Å². The average molecular weight is 601 g/mol. The molecular weight excluding hydrogens is 564 g/mol. The number of benzene rings is 2. The summed E-state index contributed by atoms with van der Waals surface area (Å²) in [6.45, 7) is 2.85. The Morgan fingerprint density at radius 3 is 2.49 bits per heavy atom. The largest absolute Gasteiger partial charge is 0.495 e. The Balaban J connectivity index is 1.31. The molecule has 1 fully saturated rings. The zero-order valence-electron chi connectivity index (χ0n) is 24.6. The van der Waals surface area contributed by atoms with Gasteiger partial charge in [0.1, 0.15) is 5.75 Å². The third kappa shape index (κ3) is 7.59. The first-order valence-corrected chi connectivity index (χ1v) is 15.1. The van der Waals surface area contributed by atoms with Gasteiger partial charge in [0, 0.05) is 48.9 Å². The molecule has 10 heteroatoms. The molecular formula is C33H37ClN6O3. The molecule has 43 heavy (non-hydrogen) atoms. The molecule has 2 heterocycles. The Morgan fingerprint density at radius 1 is 1.05 bits per heavy atom. The summed E-state index contributed by atoms with van der Waals surface area (Å²) >= 11 is 6.46. The Morgan fingerprint density at radius 2 is 1.79 bits per heavy atom. The van der Waals surface area contributed by atoms with E-state index < -0.39 is 0 Å². The van der Waals surface area contributed by atoms with Gasteiger partial charge in [0.2, 0.25) is 11.8 Å². The molecule has 1 saturated carbocycles. The third-order valence-electron chi connectivity index (χ3n) is 7.90. The zero-order chi connectivity index (χ0) is 30.2. The molecule has 2 aromatic heterocycles. The fourth-order valence-corrected chi connectivity index (χ4v) is 5.83. The molecule has 0 aliphatic heterocycles. The van der Waals surface area contributed by atoms with Crippen LogP contribution in [0, 0.1) is 0 Å². The van der Waals surface area contributed by atoms with Crippen LogP contribution in [0.3, 0.4) is 0 Å². The van der Waals surface area contributed by atoms with Crippen LogP contribution in [0.15, 0.2) is 73.1 Å². The monoisotopic (exact) mass is 600 g/mol. The van der Waals surface area contributed by atoms with E-state index >= 15 is 0 Å². The van der Waals surface area contributed by atoms with Gasteiger partial charge >= 0.3 is 0 Å². The molecule has 224 valence electrons. The van der Waals surface area contributed by atoms with Crippen LogP contribution in [-0.2, 0) is 16.1 Å². The maximum Gasteiger partial charge on any atom is 0.223 e. The maximum atomic E-state index is 13.6. The minimum atomic E-state index is -0.131. The van der Waals surface area contributed by atoms with Crippen LogP contribution in [0.4, 0.5) is 0 Å². The highest BCUT2D eigenvalue weighted by atomic mass is 35.5. The van der Waals surface area contributed by atoms with Crippen molar-refractivity contribution in [3.63, 3.8) is 0 Å². The molecule has 2 aromatic carbocycles. The van der Waals surface area contributed by atoms with Gasteiger partial charge in [-0.25, -0.2) is 9.67 Å². The van der Waals surface area contributed by atoms with Gasteiger partial charge in [0.15, 0.2) is 11.6 Å². The molecule has 0 saturated heterocycles. The highest BCUT2D eigenvalue weighted by molar-refractivity contribution is 6.32. The Kier molecular flexibility index (Phi) is 10.0. The number of pyridine rings is 1. The first-order chi connectivity index (χ1) is 20.9. The summed E-state index contributed by atoms with van der Waals surface area (Å²) in [5.41, 5.74) is 2.67. The lowest BCUT2D eigenvalue weighted by atomic mass is 10.1. The summed E-state index contributed by atoms with van der Waals surface area (Å²) in [6, 6.07) is 19.1. The molecule has 1 aliphatic rings. The van der Waals surface area contributed by atoms with Gasteiger partial charge in [-0.1, -0.05) is 54.8 Å². The van der Waals surface area contributed by atoms with Crippen molar-refractivity contribution >= 4 is 23.4 Å². The second-order valence-corrected chi connectivity index (χ2v) is 11.2. The van der Waals surface area contributed by atoms with E-state index in [4.69, 9.17) is 26.4 Å². The standard InChI is InChI=1S/C33H37ClN6O3/c1-23(24-8-4-3-5-9-24)36-30(41)14-15-31(42)39(27-10-6-7-11-27)20-21-40-33(26-12-13-29(43-2)28(34)22-26)37-32(38-40)25-16-18-35-19-17-25/h3-5,8-9,12-13,16-19,22-23,27H,6-7,10-11,14-15,20-21H2,1-2H3,(H,36,41)/t23-/m1/s1. The van der Waals surface area contributed by atoms with Gasteiger partial charge in [-0.15, -0.1) is 0 Å². The van der Waals surface area contributed by atoms with Crippen LogP contribution in [0.5, 0.6) is 5.75 Å². The summed E-state index contributed by atoms with van der Waals surface area (Å²) in [5, 5.41) is 8.32. The van der Waals surface area contributed by atoms with E-state index in [1.807, 2.05) is 71.1 Å². The number of nitrogens with zero attached hydrogens (tertiary/aromatic N) is 5. The quantitative estimate of drug-likeness (QED) is 0.211. The molecule has 4 aromatic rings. The van der Waals surface area contributed by atoms with Gasteiger partial charge in [0.25, 0.3) is 0 Å². The normalized spacial score (nSPS) is 13.9. The van der Waals surface area contributed by atoms with Crippen molar-refractivity contribution in [3.05, 3.63) is 83.6 Å². The fourth-order valence-electron chi connectivity index (χ4n) is 5.57. The van der Waals surface area contributed by atoms with Gasteiger partial charge in [0.05, 0.1) is 24.7 Å². The average Bonchev–Trinajstić information content (AvgIpc) is 3.72. The van der Waals surface area contributed by atoms with Gasteiger partial charge in [-0.3, -0.25) is 14.6 Å². The Bertz CT molecular complexity index is 1520. The van der Waals surface area contributed by atoms with Gasteiger partial charge < -0.3 is 15.0 Å². The predicted octanol–water partition coefficient (Wildman–Crippen LogP) is 6.10. The Hall–Kier alpha value is -4.24. The van der Waals surface area contributed by atoms with E-state index in [1.165, 1.54) is 0 Å². The van der Waals surface area contributed by atoms with Gasteiger partial charge in [-0.2, -0.15) is 5.10 Å². The number of rotatable bonds is 12. The summed E-state index contributed by atoms with van der Waals surface area (Å²) in [7, 11) is 1.58. The molecule has 1 atom stereocenters. The second kappa shape index (κ2) is 14.3. The van der Waals surface area contributed by atoms with Crippen molar-refractivity contribution in [2.24, 2.45) is 0 Å². The van der Waals surface area contributed by atoms with E-state index in [2.05, 4.69) is 10.3 Å². The lowest BCUT2D eigenvalue weighted by molar-refractivity contribution is -0.135. The number of amides is 2. The minimum Gasteiger partial charge on any atom is -0.495 e. The van der Waals surface area contributed by atoms with Crippen molar-refractivity contribution in [1.29, 1.82) is 0 Å². The predicted molar refractivity (Wildman–Crippen MR) is 166 cm³/mol. The summed E-state index contributed by atoms with van der Waals surface area (Å²) in [4.78, 5) is 37.2. The molecule has 1 aliphatic carbocycles. The topological polar surface area (TPSA) is 102 Å². The summed E-state index contributed by atoms with van der Waals surface area (Å²) in [6.07, 6.45) is 7.82. The molecule has 0 radical (unpaired) electrons. The highest BCUT2D eigenvalue weighted by Gasteiger charge is 2.27. The number of aromatic nitrogens is 4. The van der Waals surface area contributed by atoms with Crippen LogP contribution < -0.4 is 10.1 Å². The zero-order valence-corrected chi connectivity index (χ0v) is 25.3. The molecule has 2 amide bonds. The molecule has 0 unspecified atom stereocenters. The van der Waals surface area contributed by atoms with Crippen molar-refractivity contribution < 1.29 is 14.3 Å². The number of ether oxygens (including phenoxy) is 1. The van der Waals surface area contributed by atoms with Crippen LogP contribution in [0.2, 0.25) is 5.02 Å². The van der Waals surface area contributed by atoms with E-state index in [1.54, 1.807) is 25.6 Å². The van der Waals surface area contributed by atoms with Crippen LogP contribution in [0.1, 0.15) is 57.1 Å². The first-order valence-electron chi connectivity index (χ1n) is 14.8. The van der Waals surface area contributed by atoms with Crippen molar-refractivity contribution in [1.82, 2.24) is 30.0 Å². The van der Waals surface area contributed by atoms with E-state index in [0.717, 1.165) is 42.4 Å². The number of halogens is 1. The number of methoxy groups -OCH3 is 1.